The van der Waals surface area contributed by atoms with Gasteiger partial charge in [0, 0.05) is 20.2 Å². The Morgan fingerprint density at radius 2 is 2.04 bits per heavy atom. The third-order valence-corrected chi connectivity index (χ3v) is 3.70. The summed E-state index contributed by atoms with van der Waals surface area (Å²) in [5.41, 5.74) is 1.79. The molecule has 2 amide bonds. The van der Waals surface area contributed by atoms with Crippen LogP contribution in [0, 0.1) is 5.92 Å². The van der Waals surface area contributed by atoms with Gasteiger partial charge in [-0.3, -0.25) is 9.59 Å². The van der Waals surface area contributed by atoms with Gasteiger partial charge in [-0.25, -0.2) is 5.01 Å². The number of ether oxygens (including phenoxy) is 1. The van der Waals surface area contributed by atoms with Crippen LogP contribution in [0.5, 0.6) is 0 Å². The third-order valence-electron chi connectivity index (χ3n) is 3.70. The van der Waals surface area contributed by atoms with E-state index in [1.54, 1.807) is 14.0 Å². The molecule has 1 N–H and O–H groups in total. The summed E-state index contributed by atoms with van der Waals surface area (Å²) in [6, 6.07) is 10.2. The molecule has 1 atom stereocenters. The first-order valence-electron chi connectivity index (χ1n) is 7.81. The van der Waals surface area contributed by atoms with Crippen molar-refractivity contribution in [1.82, 2.24) is 10.3 Å². The maximum atomic E-state index is 12.0. The van der Waals surface area contributed by atoms with Gasteiger partial charge >= 0.3 is 0 Å². The lowest BCUT2D eigenvalue weighted by molar-refractivity contribution is -0.136. The molecule has 1 aliphatic heterocycles. The molecule has 0 bridgehead atoms. The molecule has 0 aliphatic carbocycles. The van der Waals surface area contributed by atoms with E-state index in [2.05, 4.69) is 22.6 Å². The Labute approximate surface area is 136 Å². The molecule has 0 radical (unpaired) electrons. The summed E-state index contributed by atoms with van der Waals surface area (Å²) in [5.74, 6) is -1.34. The second kappa shape index (κ2) is 8.43. The Kier molecular flexibility index (Phi) is 6.29. The van der Waals surface area contributed by atoms with Gasteiger partial charge in [-0.1, -0.05) is 30.3 Å². The summed E-state index contributed by atoms with van der Waals surface area (Å²) in [5, 5.41) is 7.97. The van der Waals surface area contributed by atoms with Gasteiger partial charge in [0.15, 0.2) is 5.92 Å². The van der Waals surface area contributed by atoms with E-state index in [9.17, 15) is 9.59 Å². The fourth-order valence-corrected chi connectivity index (χ4v) is 2.44. The van der Waals surface area contributed by atoms with Crippen LogP contribution < -0.4 is 5.32 Å². The number of rotatable bonds is 8. The molecule has 6 nitrogen and oxygen atoms in total. The van der Waals surface area contributed by atoms with Gasteiger partial charge < -0.3 is 10.1 Å². The summed E-state index contributed by atoms with van der Waals surface area (Å²) in [6.07, 6.45) is 1.60. The van der Waals surface area contributed by atoms with Crippen LogP contribution in [0.4, 0.5) is 0 Å². The number of benzene rings is 1. The molecule has 6 heteroatoms. The molecule has 124 valence electrons. The molecule has 2 rings (SSSR count). The molecular formula is C17H23N3O3. The Hall–Kier alpha value is -2.21. The maximum absolute atomic E-state index is 12.0. The first kappa shape index (κ1) is 17.1. The molecule has 1 aromatic carbocycles. The molecule has 0 saturated heterocycles. The van der Waals surface area contributed by atoms with Gasteiger partial charge in [0.2, 0.25) is 5.91 Å². The number of amides is 2. The van der Waals surface area contributed by atoms with Crippen molar-refractivity contribution in [2.24, 2.45) is 11.0 Å². The van der Waals surface area contributed by atoms with Crippen LogP contribution in [0.15, 0.2) is 35.4 Å². The Balaban J connectivity index is 1.56. The van der Waals surface area contributed by atoms with Gasteiger partial charge in [-0.15, -0.1) is 0 Å². The van der Waals surface area contributed by atoms with Crippen LogP contribution in [0.2, 0.25) is 0 Å². The number of nitrogens with zero attached hydrogens (tertiary/aromatic N) is 2. The molecule has 1 aliphatic rings. The lowest BCUT2D eigenvalue weighted by Gasteiger charge is -2.11. The maximum Gasteiger partial charge on any atom is 0.260 e. The molecular weight excluding hydrogens is 294 g/mol. The fourth-order valence-electron chi connectivity index (χ4n) is 2.44. The monoisotopic (exact) mass is 317 g/mol. The SMILES string of the molecule is CC1=NN(C)C(=O)C1C(=O)NCCCOCCc1ccccc1. The minimum atomic E-state index is -0.779. The molecule has 1 unspecified atom stereocenters. The van der Waals surface area contributed by atoms with Crippen molar-refractivity contribution in [3.8, 4) is 0 Å². The average Bonchev–Trinajstić information content (AvgIpc) is 2.80. The van der Waals surface area contributed by atoms with Crippen LogP contribution >= 0.6 is 0 Å². The van der Waals surface area contributed by atoms with E-state index in [1.165, 1.54) is 10.6 Å². The van der Waals surface area contributed by atoms with E-state index in [-0.39, 0.29) is 11.8 Å². The van der Waals surface area contributed by atoms with Gasteiger partial charge in [0.05, 0.1) is 12.3 Å². The van der Waals surface area contributed by atoms with Gasteiger partial charge in [-0.2, -0.15) is 5.10 Å². The standard InChI is InChI=1S/C17H23N3O3/c1-13-15(17(22)20(2)19-13)16(21)18-10-6-11-23-12-9-14-7-4-3-5-8-14/h3-5,7-8,15H,6,9-12H2,1-2H3,(H,18,21). The van der Waals surface area contributed by atoms with Crippen molar-refractivity contribution < 1.29 is 14.3 Å². The van der Waals surface area contributed by atoms with E-state index < -0.39 is 5.92 Å². The van der Waals surface area contributed by atoms with Crippen LogP contribution in [-0.4, -0.2) is 49.3 Å². The highest BCUT2D eigenvalue weighted by atomic mass is 16.5. The number of hydrazone groups is 1. The zero-order valence-corrected chi connectivity index (χ0v) is 13.6. The second-order valence-corrected chi connectivity index (χ2v) is 5.53. The fraction of sp³-hybridized carbons (Fsp3) is 0.471. The number of carbonyl (C=O) groups is 2. The van der Waals surface area contributed by atoms with E-state index in [1.807, 2.05) is 18.2 Å². The molecule has 0 fully saturated rings. The largest absolute Gasteiger partial charge is 0.381 e. The minimum absolute atomic E-state index is 0.279. The minimum Gasteiger partial charge on any atom is -0.381 e. The average molecular weight is 317 g/mol. The first-order valence-corrected chi connectivity index (χ1v) is 7.81. The van der Waals surface area contributed by atoms with E-state index in [0.29, 0.717) is 31.9 Å². The predicted octanol–water partition coefficient (Wildman–Crippen LogP) is 1.22. The lowest BCUT2D eigenvalue weighted by atomic mass is 10.0. The number of hydrogen-bond acceptors (Lipinski definition) is 4. The van der Waals surface area contributed by atoms with E-state index >= 15 is 0 Å². The summed E-state index contributed by atoms with van der Waals surface area (Å²) in [4.78, 5) is 23.8. The highest BCUT2D eigenvalue weighted by Crippen LogP contribution is 2.13. The van der Waals surface area contributed by atoms with Crippen LogP contribution in [0.25, 0.3) is 0 Å². The lowest BCUT2D eigenvalue weighted by Crippen LogP contribution is -2.39. The molecule has 0 spiro atoms. The van der Waals surface area contributed by atoms with E-state index in [0.717, 1.165) is 6.42 Å². The third kappa shape index (κ3) is 4.89. The van der Waals surface area contributed by atoms with Crippen LogP contribution in [-0.2, 0) is 20.7 Å². The zero-order chi connectivity index (χ0) is 16.7. The Bertz CT molecular complexity index is 572. The van der Waals surface area contributed by atoms with Crippen molar-refractivity contribution in [3.05, 3.63) is 35.9 Å². The molecule has 1 heterocycles. The Morgan fingerprint density at radius 1 is 1.30 bits per heavy atom. The number of hydrogen-bond donors (Lipinski definition) is 1. The smallest absolute Gasteiger partial charge is 0.260 e. The normalized spacial score (nSPS) is 17.3. The summed E-state index contributed by atoms with van der Waals surface area (Å²) < 4.78 is 5.55. The molecule has 0 saturated carbocycles. The van der Waals surface area contributed by atoms with E-state index in [4.69, 9.17) is 4.74 Å². The zero-order valence-electron chi connectivity index (χ0n) is 13.6. The topological polar surface area (TPSA) is 71.0 Å². The van der Waals surface area contributed by atoms with Gasteiger partial charge in [0.25, 0.3) is 5.91 Å². The van der Waals surface area contributed by atoms with Crippen molar-refractivity contribution in [1.29, 1.82) is 0 Å². The predicted molar refractivity (Wildman–Crippen MR) is 88.0 cm³/mol. The molecule has 23 heavy (non-hydrogen) atoms. The summed E-state index contributed by atoms with van der Waals surface area (Å²) in [7, 11) is 1.56. The van der Waals surface area contributed by atoms with Crippen LogP contribution in [0.1, 0.15) is 18.9 Å². The van der Waals surface area contributed by atoms with Crippen molar-refractivity contribution in [3.63, 3.8) is 0 Å². The van der Waals surface area contributed by atoms with Gasteiger partial charge in [-0.05, 0) is 25.3 Å². The van der Waals surface area contributed by atoms with Crippen molar-refractivity contribution in [2.45, 2.75) is 19.8 Å². The van der Waals surface area contributed by atoms with Crippen LogP contribution in [0.3, 0.4) is 0 Å². The number of carbonyl (C=O) groups excluding carboxylic acids is 2. The summed E-state index contributed by atoms with van der Waals surface area (Å²) in [6.45, 7) is 3.43. The quantitative estimate of drug-likeness (QED) is 0.579. The molecule has 1 aromatic rings. The highest BCUT2D eigenvalue weighted by Gasteiger charge is 2.36. The first-order chi connectivity index (χ1) is 11.1. The van der Waals surface area contributed by atoms with Crippen molar-refractivity contribution >= 4 is 17.5 Å². The Morgan fingerprint density at radius 3 is 2.70 bits per heavy atom. The van der Waals surface area contributed by atoms with Crippen molar-refractivity contribution in [2.75, 3.05) is 26.8 Å². The van der Waals surface area contributed by atoms with Gasteiger partial charge in [0.1, 0.15) is 0 Å². The number of nitrogens with one attached hydrogen (secondary N) is 1. The molecule has 0 aromatic heterocycles. The second-order valence-electron chi connectivity index (χ2n) is 5.53. The highest BCUT2D eigenvalue weighted by molar-refractivity contribution is 6.21. The summed E-state index contributed by atoms with van der Waals surface area (Å²) >= 11 is 0.